The van der Waals surface area contributed by atoms with Crippen LogP contribution in [0, 0.1) is 17.0 Å². The zero-order chi connectivity index (χ0) is 23.4. The van der Waals surface area contributed by atoms with Crippen molar-refractivity contribution in [1.82, 2.24) is 14.8 Å². The second-order valence-electron chi connectivity index (χ2n) is 7.40. The SMILES string of the molecule is Cc1ccc(NC(=O)[C@H](C)Sc2nnc(-c3ccc([N+](=O)[O-])cc3)n2-c2ccccc2)cc1. The molecule has 3 aromatic carbocycles. The molecule has 1 heterocycles. The topological polar surface area (TPSA) is 103 Å². The van der Waals surface area contributed by atoms with Gasteiger partial charge in [0.05, 0.1) is 10.2 Å². The fourth-order valence-corrected chi connectivity index (χ4v) is 4.04. The van der Waals surface area contributed by atoms with Crippen molar-refractivity contribution >= 4 is 29.0 Å². The fraction of sp³-hybridized carbons (Fsp3) is 0.125. The summed E-state index contributed by atoms with van der Waals surface area (Å²) in [6.07, 6.45) is 0. The molecular formula is C24H21N5O3S. The van der Waals surface area contributed by atoms with Crippen LogP contribution in [0.5, 0.6) is 0 Å². The lowest BCUT2D eigenvalue weighted by Crippen LogP contribution is -2.22. The molecule has 1 aromatic heterocycles. The Morgan fingerprint density at radius 2 is 1.67 bits per heavy atom. The van der Waals surface area contributed by atoms with Crippen molar-refractivity contribution in [1.29, 1.82) is 0 Å². The summed E-state index contributed by atoms with van der Waals surface area (Å²) >= 11 is 1.29. The Hall–Kier alpha value is -3.98. The number of rotatable bonds is 7. The van der Waals surface area contributed by atoms with Gasteiger partial charge in [0.2, 0.25) is 5.91 Å². The van der Waals surface area contributed by atoms with Gasteiger partial charge in [0.1, 0.15) is 0 Å². The molecule has 0 radical (unpaired) electrons. The molecule has 9 heteroatoms. The summed E-state index contributed by atoms with van der Waals surface area (Å²) in [5.41, 5.74) is 3.35. The van der Waals surface area contributed by atoms with E-state index in [2.05, 4.69) is 15.5 Å². The Labute approximate surface area is 194 Å². The molecule has 0 spiro atoms. The smallest absolute Gasteiger partial charge is 0.269 e. The maximum absolute atomic E-state index is 12.8. The maximum atomic E-state index is 12.8. The molecule has 8 nitrogen and oxygen atoms in total. The highest BCUT2D eigenvalue weighted by Crippen LogP contribution is 2.31. The van der Waals surface area contributed by atoms with Gasteiger partial charge in [-0.05, 0) is 50.2 Å². The van der Waals surface area contributed by atoms with Crippen LogP contribution < -0.4 is 5.32 Å². The van der Waals surface area contributed by atoms with Gasteiger partial charge in [0, 0.05) is 29.1 Å². The van der Waals surface area contributed by atoms with Crippen LogP contribution in [0.25, 0.3) is 17.1 Å². The second-order valence-corrected chi connectivity index (χ2v) is 8.70. The number of carbonyl (C=O) groups excluding carboxylic acids is 1. The van der Waals surface area contributed by atoms with Crippen molar-refractivity contribution in [2.45, 2.75) is 24.3 Å². The zero-order valence-electron chi connectivity index (χ0n) is 18.0. The summed E-state index contributed by atoms with van der Waals surface area (Å²) < 4.78 is 1.85. The predicted molar refractivity (Wildman–Crippen MR) is 129 cm³/mol. The van der Waals surface area contributed by atoms with Crippen molar-refractivity contribution in [3.63, 3.8) is 0 Å². The Morgan fingerprint density at radius 3 is 2.30 bits per heavy atom. The number of para-hydroxylation sites is 1. The molecule has 0 unspecified atom stereocenters. The standard InChI is InChI=1S/C24H21N5O3S/c1-16-8-12-19(13-9-16)25-23(30)17(2)33-24-27-26-22(28(24)20-6-4-3-5-7-20)18-10-14-21(15-11-18)29(31)32/h3-15,17H,1-2H3,(H,25,30)/t17-/m0/s1. The number of nitrogens with zero attached hydrogens (tertiary/aromatic N) is 4. The molecule has 33 heavy (non-hydrogen) atoms. The highest BCUT2D eigenvalue weighted by Gasteiger charge is 2.22. The van der Waals surface area contributed by atoms with Crippen LogP contribution in [0.15, 0.2) is 84.0 Å². The van der Waals surface area contributed by atoms with Crippen LogP contribution >= 0.6 is 11.8 Å². The molecule has 0 aliphatic carbocycles. The number of amides is 1. The first-order valence-corrected chi connectivity index (χ1v) is 11.1. The lowest BCUT2D eigenvalue weighted by Gasteiger charge is -2.14. The molecule has 1 atom stereocenters. The van der Waals surface area contributed by atoms with E-state index in [1.165, 1.54) is 23.9 Å². The molecule has 0 fully saturated rings. The minimum atomic E-state index is -0.443. The first kappa shape index (κ1) is 22.2. The van der Waals surface area contributed by atoms with E-state index < -0.39 is 10.2 Å². The number of benzene rings is 3. The number of anilines is 1. The van der Waals surface area contributed by atoms with Crippen LogP contribution in [0.2, 0.25) is 0 Å². The third-order valence-electron chi connectivity index (χ3n) is 4.95. The van der Waals surface area contributed by atoms with E-state index >= 15 is 0 Å². The highest BCUT2D eigenvalue weighted by molar-refractivity contribution is 8.00. The summed E-state index contributed by atoms with van der Waals surface area (Å²) in [4.78, 5) is 23.3. The number of aryl methyl sites for hydroxylation is 1. The van der Waals surface area contributed by atoms with Crippen molar-refractivity contribution in [3.05, 3.63) is 94.5 Å². The van der Waals surface area contributed by atoms with Crippen molar-refractivity contribution in [3.8, 4) is 17.1 Å². The molecule has 4 rings (SSSR count). The van der Waals surface area contributed by atoms with Gasteiger partial charge in [0.25, 0.3) is 5.69 Å². The van der Waals surface area contributed by atoms with Gasteiger partial charge >= 0.3 is 0 Å². The molecule has 1 amide bonds. The van der Waals surface area contributed by atoms with Crippen LogP contribution in [0.3, 0.4) is 0 Å². The average Bonchev–Trinajstić information content (AvgIpc) is 3.24. The number of aromatic nitrogens is 3. The van der Waals surface area contributed by atoms with Gasteiger partial charge in [-0.1, -0.05) is 47.7 Å². The lowest BCUT2D eigenvalue weighted by atomic mass is 10.2. The summed E-state index contributed by atoms with van der Waals surface area (Å²) in [7, 11) is 0. The van der Waals surface area contributed by atoms with Crippen molar-refractivity contribution in [2.75, 3.05) is 5.32 Å². The van der Waals surface area contributed by atoms with Crippen LogP contribution in [-0.2, 0) is 4.79 Å². The number of carbonyl (C=O) groups is 1. The summed E-state index contributed by atoms with van der Waals surface area (Å²) in [6.45, 7) is 3.80. The summed E-state index contributed by atoms with van der Waals surface area (Å²) in [5.74, 6) is 0.382. The Bertz CT molecular complexity index is 1270. The molecule has 0 saturated heterocycles. The zero-order valence-corrected chi connectivity index (χ0v) is 18.8. The van der Waals surface area contributed by atoms with E-state index in [0.717, 1.165) is 16.9 Å². The molecule has 0 saturated carbocycles. The third kappa shape index (κ3) is 5.09. The first-order valence-electron chi connectivity index (χ1n) is 10.2. The number of thioether (sulfide) groups is 1. The number of non-ortho nitro benzene ring substituents is 1. The molecular weight excluding hydrogens is 438 g/mol. The van der Waals surface area contributed by atoms with Crippen LogP contribution in [0.1, 0.15) is 12.5 Å². The number of hydrogen-bond acceptors (Lipinski definition) is 6. The fourth-order valence-electron chi connectivity index (χ4n) is 3.17. The van der Waals surface area contributed by atoms with Gasteiger partial charge in [-0.15, -0.1) is 10.2 Å². The van der Waals surface area contributed by atoms with Crippen molar-refractivity contribution in [2.24, 2.45) is 0 Å². The first-order chi connectivity index (χ1) is 15.9. The second kappa shape index (κ2) is 9.66. The van der Waals surface area contributed by atoms with E-state index in [0.29, 0.717) is 16.5 Å². The van der Waals surface area contributed by atoms with E-state index in [1.54, 1.807) is 12.1 Å². The Balaban J connectivity index is 1.63. The minimum absolute atomic E-state index is 0.000485. The molecule has 0 aliphatic rings. The number of nitro benzene ring substituents is 1. The van der Waals surface area contributed by atoms with E-state index in [-0.39, 0.29) is 11.6 Å². The Morgan fingerprint density at radius 1 is 1.00 bits per heavy atom. The van der Waals surface area contributed by atoms with E-state index in [1.807, 2.05) is 73.0 Å². The molecule has 1 N–H and O–H groups in total. The van der Waals surface area contributed by atoms with E-state index in [9.17, 15) is 14.9 Å². The predicted octanol–water partition coefficient (Wildman–Crippen LogP) is 5.27. The van der Waals surface area contributed by atoms with Gasteiger partial charge < -0.3 is 5.32 Å². The van der Waals surface area contributed by atoms with Crippen molar-refractivity contribution < 1.29 is 9.72 Å². The summed E-state index contributed by atoms with van der Waals surface area (Å²) in [6, 6.07) is 23.3. The molecule has 166 valence electrons. The van der Waals surface area contributed by atoms with Gasteiger partial charge in [-0.25, -0.2) is 0 Å². The third-order valence-corrected chi connectivity index (χ3v) is 6.00. The van der Waals surface area contributed by atoms with Gasteiger partial charge in [-0.3, -0.25) is 19.5 Å². The molecule has 0 bridgehead atoms. The molecule has 4 aromatic rings. The van der Waals surface area contributed by atoms with Gasteiger partial charge in [-0.2, -0.15) is 0 Å². The maximum Gasteiger partial charge on any atom is 0.269 e. The molecule has 0 aliphatic heterocycles. The normalized spacial score (nSPS) is 11.7. The van der Waals surface area contributed by atoms with Crippen LogP contribution in [0.4, 0.5) is 11.4 Å². The lowest BCUT2D eigenvalue weighted by molar-refractivity contribution is -0.384. The minimum Gasteiger partial charge on any atom is -0.325 e. The number of hydrogen-bond donors (Lipinski definition) is 1. The highest BCUT2D eigenvalue weighted by atomic mass is 32.2. The largest absolute Gasteiger partial charge is 0.325 e. The average molecular weight is 460 g/mol. The Kier molecular flexibility index (Phi) is 6.50. The van der Waals surface area contributed by atoms with Crippen LogP contribution in [-0.4, -0.2) is 30.8 Å². The monoisotopic (exact) mass is 459 g/mol. The number of nitrogens with one attached hydrogen (secondary N) is 1. The van der Waals surface area contributed by atoms with Gasteiger partial charge in [0.15, 0.2) is 11.0 Å². The summed E-state index contributed by atoms with van der Waals surface area (Å²) in [5, 5.41) is 22.7. The van der Waals surface area contributed by atoms with E-state index in [4.69, 9.17) is 0 Å². The number of nitro groups is 1. The quantitative estimate of drug-likeness (QED) is 0.229.